The first-order valence-corrected chi connectivity index (χ1v) is 6.02. The van der Waals surface area contributed by atoms with Crippen LogP contribution in [0.1, 0.15) is 25.1 Å². The molecular weight excluding hydrogens is 204 g/mol. The van der Waals surface area contributed by atoms with Crippen LogP contribution in [0.5, 0.6) is 0 Å². The molecule has 0 amide bonds. The van der Waals surface area contributed by atoms with Gasteiger partial charge in [-0.1, -0.05) is 0 Å². The molecular formula is C11H18N4O. The molecule has 1 aromatic heterocycles. The minimum Gasteiger partial charge on any atom is -0.376 e. The Hall–Kier alpha value is -0.940. The van der Waals surface area contributed by atoms with Crippen molar-refractivity contribution in [3.05, 3.63) is 12.2 Å². The number of aryl methyl sites for hydroxylation is 1. The van der Waals surface area contributed by atoms with Crippen LogP contribution in [-0.2, 0) is 18.3 Å². The van der Waals surface area contributed by atoms with E-state index in [0.29, 0.717) is 12.1 Å². The lowest BCUT2D eigenvalue weighted by Gasteiger charge is -2.19. The Morgan fingerprint density at radius 3 is 3.06 bits per heavy atom. The Morgan fingerprint density at radius 2 is 2.38 bits per heavy atom. The average molecular weight is 222 g/mol. The van der Waals surface area contributed by atoms with E-state index in [0.717, 1.165) is 31.3 Å². The normalized spacial score (nSPS) is 29.8. The smallest absolute Gasteiger partial charge is 0.146 e. The molecule has 16 heavy (non-hydrogen) atoms. The number of hydrogen-bond donors (Lipinski definition) is 1. The van der Waals surface area contributed by atoms with Crippen LogP contribution in [-0.4, -0.2) is 33.5 Å². The van der Waals surface area contributed by atoms with Crippen LogP contribution >= 0.6 is 0 Å². The molecule has 0 spiro atoms. The SMILES string of the molecule is Cn1cnnc1CNC1CCOC1C1CC1. The lowest BCUT2D eigenvalue weighted by Crippen LogP contribution is -2.37. The zero-order chi connectivity index (χ0) is 11.0. The number of nitrogens with zero attached hydrogens (tertiary/aromatic N) is 3. The van der Waals surface area contributed by atoms with E-state index in [1.165, 1.54) is 12.8 Å². The summed E-state index contributed by atoms with van der Waals surface area (Å²) in [6.07, 6.45) is 5.98. The molecule has 1 aliphatic carbocycles. The second-order valence-electron chi connectivity index (χ2n) is 4.81. The van der Waals surface area contributed by atoms with Gasteiger partial charge in [0.05, 0.1) is 12.6 Å². The van der Waals surface area contributed by atoms with Gasteiger partial charge in [-0.15, -0.1) is 10.2 Å². The highest BCUT2D eigenvalue weighted by atomic mass is 16.5. The van der Waals surface area contributed by atoms with E-state index in [4.69, 9.17) is 4.74 Å². The van der Waals surface area contributed by atoms with Gasteiger partial charge in [0.15, 0.2) is 0 Å². The van der Waals surface area contributed by atoms with E-state index in [1.54, 1.807) is 6.33 Å². The number of hydrogen-bond acceptors (Lipinski definition) is 4. The van der Waals surface area contributed by atoms with Gasteiger partial charge < -0.3 is 14.6 Å². The second kappa shape index (κ2) is 4.14. The van der Waals surface area contributed by atoms with Gasteiger partial charge in [-0.25, -0.2) is 0 Å². The molecule has 2 unspecified atom stereocenters. The maximum atomic E-state index is 5.78. The highest BCUT2D eigenvalue weighted by Gasteiger charge is 2.40. The predicted molar refractivity (Wildman–Crippen MR) is 58.7 cm³/mol. The minimum absolute atomic E-state index is 0.438. The van der Waals surface area contributed by atoms with Crippen molar-refractivity contribution in [2.75, 3.05) is 6.61 Å². The number of rotatable bonds is 4. The fraction of sp³-hybridized carbons (Fsp3) is 0.818. The highest BCUT2D eigenvalue weighted by Crippen LogP contribution is 2.38. The summed E-state index contributed by atoms with van der Waals surface area (Å²) in [6.45, 7) is 1.69. The topological polar surface area (TPSA) is 52.0 Å². The Morgan fingerprint density at radius 1 is 1.50 bits per heavy atom. The van der Waals surface area contributed by atoms with E-state index >= 15 is 0 Å². The third-order valence-electron chi connectivity index (χ3n) is 3.55. The van der Waals surface area contributed by atoms with Gasteiger partial charge in [0.25, 0.3) is 0 Å². The molecule has 2 aliphatic rings. The minimum atomic E-state index is 0.438. The monoisotopic (exact) mass is 222 g/mol. The first-order valence-electron chi connectivity index (χ1n) is 6.02. The molecule has 1 N–H and O–H groups in total. The van der Waals surface area contributed by atoms with Crippen molar-refractivity contribution in [2.24, 2.45) is 13.0 Å². The van der Waals surface area contributed by atoms with Crippen molar-refractivity contribution in [1.82, 2.24) is 20.1 Å². The highest BCUT2D eigenvalue weighted by molar-refractivity contribution is 4.95. The summed E-state index contributed by atoms with van der Waals surface area (Å²) in [7, 11) is 1.97. The van der Waals surface area contributed by atoms with E-state index in [1.807, 2.05) is 11.6 Å². The number of nitrogens with one attached hydrogen (secondary N) is 1. The van der Waals surface area contributed by atoms with Gasteiger partial charge in [-0.2, -0.15) is 0 Å². The molecule has 2 fully saturated rings. The summed E-state index contributed by atoms with van der Waals surface area (Å²) >= 11 is 0. The van der Waals surface area contributed by atoms with Crippen molar-refractivity contribution in [2.45, 2.75) is 38.0 Å². The van der Waals surface area contributed by atoms with Gasteiger partial charge in [-0.3, -0.25) is 0 Å². The predicted octanol–water partition coefficient (Wildman–Crippen LogP) is 0.472. The fourth-order valence-corrected chi connectivity index (χ4v) is 2.41. The van der Waals surface area contributed by atoms with E-state index in [9.17, 15) is 0 Å². The second-order valence-corrected chi connectivity index (χ2v) is 4.81. The van der Waals surface area contributed by atoms with E-state index < -0.39 is 0 Å². The summed E-state index contributed by atoms with van der Waals surface area (Å²) in [5.41, 5.74) is 0. The zero-order valence-electron chi connectivity index (χ0n) is 9.59. The summed E-state index contributed by atoms with van der Waals surface area (Å²) in [5, 5.41) is 11.5. The van der Waals surface area contributed by atoms with E-state index in [-0.39, 0.29) is 0 Å². The van der Waals surface area contributed by atoms with Crippen molar-refractivity contribution < 1.29 is 4.74 Å². The molecule has 0 bridgehead atoms. The van der Waals surface area contributed by atoms with Crippen LogP contribution in [0.2, 0.25) is 0 Å². The molecule has 0 aromatic carbocycles. The van der Waals surface area contributed by atoms with Crippen LogP contribution in [0, 0.1) is 5.92 Å². The maximum Gasteiger partial charge on any atom is 0.146 e. The summed E-state index contributed by atoms with van der Waals surface area (Å²) in [5.74, 6) is 1.79. The van der Waals surface area contributed by atoms with Crippen LogP contribution in [0.4, 0.5) is 0 Å². The van der Waals surface area contributed by atoms with Crippen molar-refractivity contribution in [3.63, 3.8) is 0 Å². The van der Waals surface area contributed by atoms with Crippen LogP contribution in [0.25, 0.3) is 0 Å². The Kier molecular flexibility index (Phi) is 2.65. The molecule has 88 valence electrons. The summed E-state index contributed by atoms with van der Waals surface area (Å²) < 4.78 is 7.74. The summed E-state index contributed by atoms with van der Waals surface area (Å²) in [6, 6.07) is 0.504. The largest absolute Gasteiger partial charge is 0.376 e. The molecule has 2 heterocycles. The molecule has 0 radical (unpaired) electrons. The molecule has 2 atom stereocenters. The third kappa shape index (κ3) is 1.97. The third-order valence-corrected chi connectivity index (χ3v) is 3.55. The lowest BCUT2D eigenvalue weighted by molar-refractivity contribution is 0.0807. The molecule has 1 saturated heterocycles. The first kappa shape index (κ1) is 10.2. The molecule has 1 aromatic rings. The van der Waals surface area contributed by atoms with Gasteiger partial charge in [0, 0.05) is 19.7 Å². The standard InChI is InChI=1S/C11H18N4O/c1-15-7-13-14-10(15)6-12-9-4-5-16-11(9)8-2-3-8/h7-9,11-12H,2-6H2,1H3. The lowest BCUT2D eigenvalue weighted by atomic mass is 10.1. The number of aromatic nitrogens is 3. The maximum absolute atomic E-state index is 5.78. The van der Waals surface area contributed by atoms with Gasteiger partial charge in [-0.05, 0) is 25.2 Å². The molecule has 1 saturated carbocycles. The van der Waals surface area contributed by atoms with Gasteiger partial charge in [0.1, 0.15) is 12.2 Å². The molecule has 5 nitrogen and oxygen atoms in total. The zero-order valence-corrected chi connectivity index (χ0v) is 9.59. The Bertz CT molecular complexity index is 361. The van der Waals surface area contributed by atoms with Crippen LogP contribution in [0.3, 0.4) is 0 Å². The summed E-state index contributed by atoms with van der Waals surface area (Å²) in [4.78, 5) is 0. The Balaban J connectivity index is 1.56. The van der Waals surface area contributed by atoms with Crippen molar-refractivity contribution >= 4 is 0 Å². The number of ether oxygens (including phenoxy) is 1. The average Bonchev–Trinajstić information content (AvgIpc) is 2.88. The van der Waals surface area contributed by atoms with Crippen molar-refractivity contribution in [3.8, 4) is 0 Å². The molecule has 1 aliphatic heterocycles. The van der Waals surface area contributed by atoms with Crippen molar-refractivity contribution in [1.29, 1.82) is 0 Å². The van der Waals surface area contributed by atoms with E-state index in [2.05, 4.69) is 15.5 Å². The quantitative estimate of drug-likeness (QED) is 0.804. The first-order chi connectivity index (χ1) is 7.84. The van der Waals surface area contributed by atoms with Crippen LogP contribution < -0.4 is 5.32 Å². The molecule has 3 rings (SSSR count). The van der Waals surface area contributed by atoms with Gasteiger partial charge in [0.2, 0.25) is 0 Å². The fourth-order valence-electron chi connectivity index (χ4n) is 2.41. The molecule has 5 heteroatoms. The van der Waals surface area contributed by atoms with Gasteiger partial charge >= 0.3 is 0 Å². The van der Waals surface area contributed by atoms with Crippen LogP contribution in [0.15, 0.2) is 6.33 Å². The Labute approximate surface area is 95.2 Å².